The molecule has 4 rings (SSSR count). The number of hydrogen-bond donors (Lipinski definition) is 3. The van der Waals surface area contributed by atoms with E-state index in [1.54, 1.807) is 53.9 Å². The smallest absolute Gasteiger partial charge is 0.416 e. The zero-order valence-electron chi connectivity index (χ0n) is 40.0. The van der Waals surface area contributed by atoms with Gasteiger partial charge in [0.05, 0.1) is 54.6 Å². The highest BCUT2D eigenvalue weighted by Crippen LogP contribution is 2.40. The fourth-order valence-electron chi connectivity index (χ4n) is 9.18. The van der Waals surface area contributed by atoms with Crippen molar-refractivity contribution < 1.29 is 66.5 Å². The highest BCUT2D eigenvalue weighted by molar-refractivity contribution is 5.99. The van der Waals surface area contributed by atoms with E-state index in [-0.39, 0.29) is 30.6 Å². The van der Waals surface area contributed by atoms with Crippen LogP contribution in [0.5, 0.6) is 5.75 Å². The summed E-state index contributed by atoms with van der Waals surface area (Å²) < 4.78 is 77.1. The van der Waals surface area contributed by atoms with Gasteiger partial charge in [-0.1, -0.05) is 39.8 Å². The zero-order chi connectivity index (χ0) is 48.8. The minimum Gasteiger partial charge on any atom is -0.497 e. The molecule has 0 bridgehead atoms. The van der Waals surface area contributed by atoms with Gasteiger partial charge in [-0.15, -0.1) is 0 Å². The van der Waals surface area contributed by atoms with Gasteiger partial charge >= 0.3 is 18.1 Å². The molecule has 2 aromatic carbocycles. The van der Waals surface area contributed by atoms with Crippen molar-refractivity contribution in [2.24, 2.45) is 33.9 Å². The van der Waals surface area contributed by atoms with E-state index in [1.807, 2.05) is 45.0 Å². The van der Waals surface area contributed by atoms with Crippen molar-refractivity contribution in [2.45, 2.75) is 154 Å². The van der Waals surface area contributed by atoms with E-state index in [2.05, 4.69) is 5.10 Å². The number of likely N-dealkylation sites (N-methyl/N-ethyl adjacent to an activating group) is 1. The van der Waals surface area contributed by atoms with Crippen molar-refractivity contribution in [2.75, 3.05) is 28.3 Å². The average molecular weight is 922 g/mol. The number of halogens is 3. The van der Waals surface area contributed by atoms with E-state index in [1.165, 1.54) is 33.1 Å². The van der Waals surface area contributed by atoms with Crippen molar-refractivity contribution in [1.29, 1.82) is 0 Å². The normalized spacial score (nSPS) is 35.4. The minimum absolute atomic E-state index is 0.0789. The summed E-state index contributed by atoms with van der Waals surface area (Å²) in [4.78, 5) is 30.1. The molecule has 14 atom stereocenters. The topological polar surface area (TPSA) is 178 Å². The molecule has 2 fully saturated rings. The molecular weight excluding hydrogens is 852 g/mol. The molecule has 3 N–H and O–H groups in total. The molecule has 2 aromatic rings. The van der Waals surface area contributed by atoms with E-state index in [4.69, 9.17) is 33.5 Å². The Balaban J connectivity index is 1.91. The van der Waals surface area contributed by atoms with E-state index >= 15 is 0 Å². The number of benzene rings is 2. The second-order valence-electron chi connectivity index (χ2n) is 18.5. The maximum Gasteiger partial charge on any atom is 0.416 e. The number of cyclic esters (lactones) is 1. The van der Waals surface area contributed by atoms with E-state index in [0.717, 1.165) is 17.7 Å². The van der Waals surface area contributed by atoms with Crippen LogP contribution in [-0.2, 0) is 45.9 Å². The van der Waals surface area contributed by atoms with E-state index < -0.39 is 102 Å². The van der Waals surface area contributed by atoms with Crippen molar-refractivity contribution in [3.63, 3.8) is 0 Å². The van der Waals surface area contributed by atoms with Crippen molar-refractivity contribution in [3.8, 4) is 5.75 Å². The third kappa shape index (κ3) is 12.9. The molecule has 0 saturated carbocycles. The van der Waals surface area contributed by atoms with Gasteiger partial charge in [0.2, 0.25) is 0 Å². The van der Waals surface area contributed by atoms with Crippen LogP contribution in [0.4, 0.5) is 13.2 Å². The molecule has 0 amide bonds. The predicted octanol–water partition coefficient (Wildman–Crippen LogP) is 6.63. The number of ether oxygens (including phenoxy) is 6. The monoisotopic (exact) mass is 921 g/mol. The number of rotatable bonds is 11. The van der Waals surface area contributed by atoms with Crippen LogP contribution >= 0.6 is 0 Å². The summed E-state index contributed by atoms with van der Waals surface area (Å²) in [5.74, 6) is -4.70. The van der Waals surface area contributed by atoms with Crippen LogP contribution in [0, 0.1) is 23.7 Å². The Morgan fingerprint density at radius 1 is 0.969 bits per heavy atom. The molecular formula is C48H70F3N3O11. The average Bonchev–Trinajstić information content (AvgIpc) is 3.25. The molecule has 14 nitrogen and oxygen atoms in total. The van der Waals surface area contributed by atoms with E-state index in [0.29, 0.717) is 23.6 Å². The Hall–Kier alpha value is -3.97. The first-order valence-corrected chi connectivity index (χ1v) is 22.2. The number of methoxy groups -OCH3 is 2. The lowest BCUT2D eigenvalue weighted by molar-refractivity contribution is -0.301. The molecule has 2 saturated heterocycles. The van der Waals surface area contributed by atoms with Gasteiger partial charge in [-0.25, -0.2) is 0 Å². The number of aliphatic hydroxyl groups excluding tert-OH is 2. The number of aliphatic hydroxyl groups is 3. The fourth-order valence-corrected chi connectivity index (χ4v) is 9.18. The molecule has 0 radical (unpaired) electrons. The number of esters is 2. The molecule has 17 heteroatoms. The van der Waals surface area contributed by atoms with Gasteiger partial charge in [0.1, 0.15) is 29.7 Å². The molecule has 14 unspecified atom stereocenters. The fraction of sp³-hybridized carbons (Fsp3) is 0.667. The summed E-state index contributed by atoms with van der Waals surface area (Å²) in [6, 6.07) is 11.0. The first-order chi connectivity index (χ1) is 30.3. The Kier molecular flexibility index (Phi) is 18.3. The van der Waals surface area contributed by atoms with E-state index in [9.17, 15) is 38.1 Å². The highest BCUT2D eigenvalue weighted by atomic mass is 19.4. The van der Waals surface area contributed by atoms with Crippen LogP contribution in [0.1, 0.15) is 98.3 Å². The summed E-state index contributed by atoms with van der Waals surface area (Å²) in [7, 11) is 6.72. The lowest BCUT2D eigenvalue weighted by Gasteiger charge is -2.48. The van der Waals surface area contributed by atoms with Crippen LogP contribution in [0.3, 0.4) is 0 Å². The van der Waals surface area contributed by atoms with Crippen molar-refractivity contribution in [1.82, 2.24) is 4.90 Å². The van der Waals surface area contributed by atoms with Crippen molar-refractivity contribution in [3.05, 3.63) is 65.2 Å². The Morgan fingerprint density at radius 2 is 1.58 bits per heavy atom. The minimum atomic E-state index is -4.58. The van der Waals surface area contributed by atoms with Gasteiger partial charge in [-0.05, 0) is 121 Å². The molecule has 364 valence electrons. The molecule has 2 heterocycles. The number of hydrogen-bond acceptors (Lipinski definition) is 14. The third-order valence-corrected chi connectivity index (χ3v) is 13.2. The van der Waals surface area contributed by atoms with Gasteiger partial charge in [-0.2, -0.15) is 23.4 Å². The quantitative estimate of drug-likeness (QED) is 0.125. The lowest BCUT2D eigenvalue weighted by Crippen LogP contribution is -2.60. The summed E-state index contributed by atoms with van der Waals surface area (Å²) >= 11 is 0. The standard InChI is InChI=1S/C48H70F3N3O11/c1-14-37-47(9,59)42(57)28(4)39(53-52-31(7)33-17-21-35(60-12)22-18-33)26(2)25-46(8,61-13)43(65-45-40(56)36(54(10)11)23-27(3)62-45)29(5)41(30(6)44(58)63-37)64-38(55)24-32-15-19-34(20-16-32)48(49,50)51/h15-22,26-30,36-37,40-43,45,56-57,59H,14,23-25H2,1-13H3. The van der Waals surface area contributed by atoms with Gasteiger partial charge in [0.25, 0.3) is 0 Å². The first-order valence-electron chi connectivity index (χ1n) is 22.2. The highest BCUT2D eigenvalue weighted by Gasteiger charge is 2.52. The number of nitrogens with zero attached hydrogens (tertiary/aromatic N) is 3. The van der Waals surface area contributed by atoms with Crippen LogP contribution in [0.25, 0.3) is 0 Å². The Morgan fingerprint density at radius 3 is 2.12 bits per heavy atom. The van der Waals surface area contributed by atoms with Crippen LogP contribution in [-0.4, -0.2) is 132 Å². The van der Waals surface area contributed by atoms with Crippen LogP contribution < -0.4 is 4.74 Å². The summed E-state index contributed by atoms with van der Waals surface area (Å²) in [6.45, 7) is 15.3. The largest absolute Gasteiger partial charge is 0.497 e. The Labute approximate surface area is 381 Å². The van der Waals surface area contributed by atoms with Crippen molar-refractivity contribution >= 4 is 23.4 Å². The number of carbonyl (C=O) groups is 2. The SMILES string of the molecule is CCC1OC(=O)C(C)C(OC(=O)Cc2ccc(C(F)(F)F)cc2)C(C)C(OC2OC(C)CC(N(C)C)C2O)C(C)(OC)CC(C)C(=NN=C(C)c2ccc(OC)cc2)C(C)C(O)C1(C)O. The molecule has 0 spiro atoms. The van der Waals surface area contributed by atoms with Gasteiger partial charge in [0, 0.05) is 30.7 Å². The summed E-state index contributed by atoms with van der Waals surface area (Å²) in [6.07, 6.45) is -12.3. The third-order valence-electron chi connectivity index (χ3n) is 13.2. The molecule has 0 aliphatic carbocycles. The van der Waals surface area contributed by atoms with Crippen LogP contribution in [0.15, 0.2) is 58.7 Å². The summed E-state index contributed by atoms with van der Waals surface area (Å²) in [5, 5.41) is 45.3. The zero-order valence-corrected chi connectivity index (χ0v) is 40.0. The second kappa shape index (κ2) is 22.2. The summed E-state index contributed by atoms with van der Waals surface area (Å²) in [5.41, 5.74) is -2.36. The van der Waals surface area contributed by atoms with Gasteiger partial charge in [0.15, 0.2) is 6.29 Å². The molecule has 0 aromatic heterocycles. The number of alkyl halides is 3. The second-order valence-corrected chi connectivity index (χ2v) is 18.5. The number of carbonyl (C=O) groups excluding carboxylic acids is 2. The molecule has 65 heavy (non-hydrogen) atoms. The predicted molar refractivity (Wildman–Crippen MR) is 238 cm³/mol. The first kappa shape index (κ1) is 53.6. The molecule has 2 aliphatic rings. The molecule has 2 aliphatic heterocycles. The van der Waals surface area contributed by atoms with Crippen LogP contribution in [0.2, 0.25) is 0 Å². The van der Waals surface area contributed by atoms with Gasteiger partial charge in [-0.3, -0.25) is 9.59 Å². The maximum atomic E-state index is 14.4. The lowest BCUT2D eigenvalue weighted by atomic mass is 9.73. The Bertz CT molecular complexity index is 1940. The maximum absolute atomic E-state index is 14.4. The van der Waals surface area contributed by atoms with Gasteiger partial charge < -0.3 is 48.6 Å².